The van der Waals surface area contributed by atoms with Crippen LogP contribution in [0, 0.1) is 34.5 Å². The maximum absolute atomic E-state index is 9.91. The Morgan fingerprint density at radius 1 is 1.40 bits per heavy atom. The molecule has 0 aromatic heterocycles. The predicted molar refractivity (Wildman–Crippen MR) is 80.7 cm³/mol. The highest BCUT2D eigenvalue weighted by atomic mass is 16.3. The Morgan fingerprint density at radius 2 is 2.05 bits per heavy atom. The van der Waals surface area contributed by atoms with Crippen molar-refractivity contribution < 1.29 is 5.11 Å². The van der Waals surface area contributed by atoms with Crippen molar-refractivity contribution in [3.63, 3.8) is 0 Å². The van der Waals surface area contributed by atoms with Crippen LogP contribution < -0.4 is 5.73 Å². The van der Waals surface area contributed by atoms with Gasteiger partial charge >= 0.3 is 0 Å². The molecule has 0 heterocycles. The van der Waals surface area contributed by atoms with Gasteiger partial charge in [0.15, 0.2) is 0 Å². The molecule has 0 spiro atoms. The summed E-state index contributed by atoms with van der Waals surface area (Å²) >= 11 is 0. The van der Waals surface area contributed by atoms with E-state index in [1.807, 2.05) is 0 Å². The van der Waals surface area contributed by atoms with Crippen LogP contribution in [-0.2, 0) is 0 Å². The average Bonchev–Trinajstić information content (AvgIpc) is 2.87. The van der Waals surface area contributed by atoms with Gasteiger partial charge in [0.05, 0.1) is 18.6 Å². The van der Waals surface area contributed by atoms with E-state index < -0.39 is 0 Å². The van der Waals surface area contributed by atoms with Crippen LogP contribution in [-0.4, -0.2) is 17.8 Å². The number of rotatable bonds is 4. The zero-order valence-corrected chi connectivity index (χ0v) is 12.6. The van der Waals surface area contributed by atoms with Gasteiger partial charge in [-0.2, -0.15) is 5.26 Å². The summed E-state index contributed by atoms with van der Waals surface area (Å²) in [5.41, 5.74) is 7.34. The zero-order chi connectivity index (χ0) is 14.8. The highest BCUT2D eigenvalue weighted by Crippen LogP contribution is 2.47. The molecule has 20 heavy (non-hydrogen) atoms. The minimum Gasteiger partial charge on any atom is -0.396 e. The van der Waals surface area contributed by atoms with E-state index in [1.54, 1.807) is 0 Å². The van der Waals surface area contributed by atoms with E-state index in [4.69, 9.17) is 5.73 Å². The smallest absolute Gasteiger partial charge is 0.0662 e. The molecule has 3 N–H and O–H groups in total. The first-order valence-corrected chi connectivity index (χ1v) is 8.00. The van der Waals surface area contributed by atoms with Crippen molar-refractivity contribution in [2.45, 2.75) is 57.9 Å². The molecular formula is C17H28N2O. The first-order valence-electron chi connectivity index (χ1n) is 8.00. The van der Waals surface area contributed by atoms with Crippen LogP contribution in [0.4, 0.5) is 0 Å². The Hall–Kier alpha value is -0.850. The molecule has 0 aliphatic heterocycles. The molecule has 0 bridgehead atoms. The Balaban J connectivity index is 2.16. The second-order valence-electron chi connectivity index (χ2n) is 6.95. The quantitative estimate of drug-likeness (QED) is 0.775. The van der Waals surface area contributed by atoms with Crippen molar-refractivity contribution in [3.05, 3.63) is 12.2 Å². The number of aliphatic hydroxyl groups excluding tert-OH is 1. The van der Waals surface area contributed by atoms with Gasteiger partial charge in [0.25, 0.3) is 0 Å². The minimum absolute atomic E-state index is 0.0582. The summed E-state index contributed by atoms with van der Waals surface area (Å²) in [5.74, 6) is 0.751. The van der Waals surface area contributed by atoms with Gasteiger partial charge in [-0.15, -0.1) is 0 Å². The van der Waals surface area contributed by atoms with Gasteiger partial charge in [-0.1, -0.05) is 38.3 Å². The second kappa shape index (κ2) is 6.28. The summed E-state index contributed by atoms with van der Waals surface area (Å²) in [6, 6.07) is 2.26. The molecule has 2 aliphatic rings. The van der Waals surface area contributed by atoms with Crippen LogP contribution in [0.1, 0.15) is 51.9 Å². The van der Waals surface area contributed by atoms with Crippen molar-refractivity contribution >= 4 is 0 Å². The lowest BCUT2D eigenvalue weighted by molar-refractivity contribution is 0.0624. The van der Waals surface area contributed by atoms with Crippen molar-refractivity contribution in [1.82, 2.24) is 0 Å². The van der Waals surface area contributed by atoms with Crippen molar-refractivity contribution in [3.8, 4) is 6.07 Å². The van der Waals surface area contributed by atoms with Crippen molar-refractivity contribution in [1.29, 1.82) is 5.26 Å². The molecule has 1 unspecified atom stereocenters. The van der Waals surface area contributed by atoms with E-state index in [9.17, 15) is 10.4 Å². The minimum atomic E-state index is -0.197. The maximum atomic E-state index is 9.91. The molecule has 2 rings (SSSR count). The van der Waals surface area contributed by atoms with Crippen molar-refractivity contribution in [2.75, 3.05) is 6.61 Å². The molecule has 0 aromatic carbocycles. The first-order chi connectivity index (χ1) is 9.55. The van der Waals surface area contributed by atoms with Gasteiger partial charge in [0.1, 0.15) is 0 Å². The lowest BCUT2D eigenvalue weighted by Gasteiger charge is -2.43. The van der Waals surface area contributed by atoms with Gasteiger partial charge < -0.3 is 10.8 Å². The Bertz CT molecular complexity index is 392. The number of hydrogen-bond donors (Lipinski definition) is 2. The van der Waals surface area contributed by atoms with E-state index in [0.29, 0.717) is 5.92 Å². The van der Waals surface area contributed by atoms with Crippen molar-refractivity contribution in [2.24, 2.45) is 28.9 Å². The number of nitriles is 1. The molecule has 2 aliphatic carbocycles. The van der Waals surface area contributed by atoms with E-state index in [-0.39, 0.29) is 29.9 Å². The third kappa shape index (κ3) is 2.64. The summed E-state index contributed by atoms with van der Waals surface area (Å²) in [6.45, 7) is 6.61. The molecule has 0 radical (unpaired) electrons. The fraction of sp³-hybridized carbons (Fsp3) is 0.824. The second-order valence-corrected chi connectivity index (χ2v) is 6.95. The standard InChI is InChI=1S/C17H28N2O/c1-12-6-7-14(10-18)15(12)13(2)16(19)17(11-20)8-4-3-5-9-17/h12,14-16,20H,2-9,11,19H2,1H3/t12-,14-,15?,16+/m0/s1. The van der Waals surface area contributed by atoms with Crippen LogP contribution >= 0.6 is 0 Å². The van der Waals surface area contributed by atoms with Gasteiger partial charge in [-0.05, 0) is 37.5 Å². The first kappa shape index (κ1) is 15.5. The Kier molecular flexibility index (Phi) is 4.88. The highest BCUT2D eigenvalue weighted by molar-refractivity contribution is 5.21. The molecule has 3 nitrogen and oxygen atoms in total. The molecule has 0 aromatic rings. The number of nitrogens with zero attached hydrogens (tertiary/aromatic N) is 1. The molecule has 2 fully saturated rings. The average molecular weight is 276 g/mol. The molecule has 2 saturated carbocycles. The van der Waals surface area contributed by atoms with E-state index in [1.165, 1.54) is 6.42 Å². The normalized spacial score (nSPS) is 34.4. The number of aliphatic hydroxyl groups is 1. The third-order valence-corrected chi connectivity index (χ3v) is 5.80. The molecule has 4 atom stereocenters. The lowest BCUT2D eigenvalue weighted by atomic mass is 9.65. The number of hydrogen-bond acceptors (Lipinski definition) is 3. The fourth-order valence-corrected chi connectivity index (χ4v) is 4.39. The van der Waals surface area contributed by atoms with Crippen LogP contribution in [0.5, 0.6) is 0 Å². The Labute approximate surface area is 122 Å². The molecule has 0 saturated heterocycles. The number of nitrogens with two attached hydrogens (primary N) is 1. The van der Waals surface area contributed by atoms with Gasteiger partial charge in [-0.25, -0.2) is 0 Å². The molecule has 3 heteroatoms. The highest BCUT2D eigenvalue weighted by Gasteiger charge is 2.44. The predicted octanol–water partition coefficient (Wildman–Crippen LogP) is 3.00. The van der Waals surface area contributed by atoms with E-state index in [0.717, 1.165) is 44.1 Å². The van der Waals surface area contributed by atoms with E-state index in [2.05, 4.69) is 19.6 Å². The van der Waals surface area contributed by atoms with Crippen LogP contribution in [0.15, 0.2) is 12.2 Å². The van der Waals surface area contributed by atoms with Crippen LogP contribution in [0.3, 0.4) is 0 Å². The van der Waals surface area contributed by atoms with Crippen LogP contribution in [0.2, 0.25) is 0 Å². The monoisotopic (exact) mass is 276 g/mol. The SMILES string of the molecule is C=C(C1[C@H](C#N)CC[C@@H]1C)[C@@H](N)C1(CO)CCCCC1. The molecular weight excluding hydrogens is 248 g/mol. The zero-order valence-electron chi connectivity index (χ0n) is 12.6. The summed E-state index contributed by atoms with van der Waals surface area (Å²) in [4.78, 5) is 0. The van der Waals surface area contributed by atoms with E-state index >= 15 is 0 Å². The van der Waals surface area contributed by atoms with Gasteiger partial charge in [0, 0.05) is 11.5 Å². The van der Waals surface area contributed by atoms with Crippen LogP contribution in [0.25, 0.3) is 0 Å². The molecule has 112 valence electrons. The summed E-state index contributed by atoms with van der Waals surface area (Å²) in [5, 5.41) is 19.2. The summed E-state index contributed by atoms with van der Waals surface area (Å²) in [7, 11) is 0. The Morgan fingerprint density at radius 3 is 2.60 bits per heavy atom. The lowest BCUT2D eigenvalue weighted by Crippen LogP contribution is -2.48. The maximum Gasteiger partial charge on any atom is 0.0662 e. The summed E-state index contributed by atoms with van der Waals surface area (Å²) in [6.07, 6.45) is 7.54. The topological polar surface area (TPSA) is 70.0 Å². The summed E-state index contributed by atoms with van der Waals surface area (Å²) < 4.78 is 0. The fourth-order valence-electron chi connectivity index (χ4n) is 4.39. The third-order valence-electron chi connectivity index (χ3n) is 5.80. The molecule has 0 amide bonds. The van der Waals surface area contributed by atoms with Gasteiger partial charge in [-0.3, -0.25) is 0 Å². The largest absolute Gasteiger partial charge is 0.396 e. The van der Waals surface area contributed by atoms with Gasteiger partial charge in [0.2, 0.25) is 0 Å².